The van der Waals surface area contributed by atoms with Gasteiger partial charge in [0.15, 0.2) is 5.11 Å². The Kier molecular flexibility index (Phi) is 6.00. The van der Waals surface area contributed by atoms with E-state index in [1.54, 1.807) is 0 Å². The van der Waals surface area contributed by atoms with Gasteiger partial charge in [0.25, 0.3) is 0 Å². The first-order chi connectivity index (χ1) is 14.1. The number of anilines is 3. The Hall–Kier alpha value is -2.60. The van der Waals surface area contributed by atoms with E-state index < -0.39 is 0 Å². The third-order valence-electron chi connectivity index (χ3n) is 5.70. The number of amides is 1. The smallest absolute Gasteiger partial charge is 0.227 e. The minimum Gasteiger partial charge on any atom is -0.368 e. The van der Waals surface area contributed by atoms with E-state index in [2.05, 4.69) is 46.7 Å². The van der Waals surface area contributed by atoms with Crippen molar-refractivity contribution in [3.05, 3.63) is 54.1 Å². The number of nitrogens with one attached hydrogen (secondary N) is 2. The van der Waals surface area contributed by atoms with E-state index in [1.807, 2.05) is 29.2 Å². The van der Waals surface area contributed by atoms with Crippen LogP contribution in [0.3, 0.4) is 0 Å². The van der Waals surface area contributed by atoms with Gasteiger partial charge in [0.2, 0.25) is 5.91 Å². The largest absolute Gasteiger partial charge is 0.368 e. The molecule has 2 aromatic carbocycles. The van der Waals surface area contributed by atoms with Crippen molar-refractivity contribution in [1.82, 2.24) is 5.32 Å². The summed E-state index contributed by atoms with van der Waals surface area (Å²) in [6.45, 7) is 4.92. The second kappa shape index (κ2) is 8.82. The number of nitrogens with zero attached hydrogens (tertiary/aromatic N) is 2. The van der Waals surface area contributed by atoms with Crippen LogP contribution in [-0.4, -0.2) is 36.7 Å². The third-order valence-corrected chi connectivity index (χ3v) is 5.95. The molecule has 29 heavy (non-hydrogen) atoms. The second-order valence-electron chi connectivity index (χ2n) is 7.81. The molecule has 2 N–H and O–H groups in total. The first-order valence-corrected chi connectivity index (χ1v) is 10.8. The number of fused-ring (bicyclic) bond motifs is 1. The van der Waals surface area contributed by atoms with Crippen LogP contribution in [0.4, 0.5) is 17.1 Å². The van der Waals surface area contributed by atoms with Crippen LogP contribution < -0.4 is 20.4 Å². The number of thiocarbonyl (C=S) groups is 1. The van der Waals surface area contributed by atoms with Gasteiger partial charge >= 0.3 is 0 Å². The third kappa shape index (κ3) is 4.53. The molecule has 1 fully saturated rings. The predicted molar refractivity (Wildman–Crippen MR) is 124 cm³/mol. The highest BCUT2D eigenvalue weighted by molar-refractivity contribution is 7.80. The number of benzene rings is 2. The van der Waals surface area contributed by atoms with Gasteiger partial charge in [-0.2, -0.15) is 0 Å². The number of carbonyl (C=O) groups excluding carboxylic acids is 1. The standard InChI is InChI=1S/C23H28N4OS/c1-17-15-18-7-2-3-10-21(18)26(17)14-6-12-24-23(29)25-19-8-4-9-20(16-19)27-13-5-11-22(27)28/h2-4,7-10,16-17H,5-6,11-15H2,1H3,(H2,24,25,29). The highest BCUT2D eigenvalue weighted by Crippen LogP contribution is 2.31. The normalized spacial score (nSPS) is 18.1. The van der Waals surface area contributed by atoms with Gasteiger partial charge in [0, 0.05) is 49.2 Å². The molecule has 2 aliphatic rings. The van der Waals surface area contributed by atoms with E-state index in [4.69, 9.17) is 12.2 Å². The van der Waals surface area contributed by atoms with Crippen molar-refractivity contribution in [2.75, 3.05) is 34.8 Å². The molecule has 152 valence electrons. The van der Waals surface area contributed by atoms with Gasteiger partial charge in [-0.1, -0.05) is 24.3 Å². The summed E-state index contributed by atoms with van der Waals surface area (Å²) in [6.07, 6.45) is 3.70. The minimum atomic E-state index is 0.195. The molecule has 2 heterocycles. The molecule has 2 aromatic rings. The van der Waals surface area contributed by atoms with E-state index in [0.717, 1.165) is 50.3 Å². The van der Waals surface area contributed by atoms with Gasteiger partial charge in [-0.3, -0.25) is 4.79 Å². The van der Waals surface area contributed by atoms with Crippen molar-refractivity contribution in [3.8, 4) is 0 Å². The molecule has 0 spiro atoms. The quantitative estimate of drug-likeness (QED) is 0.560. The predicted octanol–water partition coefficient (Wildman–Crippen LogP) is 3.94. The summed E-state index contributed by atoms with van der Waals surface area (Å²) >= 11 is 5.46. The molecule has 1 amide bonds. The lowest BCUT2D eigenvalue weighted by molar-refractivity contribution is -0.117. The van der Waals surface area contributed by atoms with Gasteiger partial charge in [0.05, 0.1) is 0 Å². The number of carbonyl (C=O) groups is 1. The fourth-order valence-electron chi connectivity index (χ4n) is 4.27. The van der Waals surface area contributed by atoms with Crippen molar-refractivity contribution >= 4 is 40.3 Å². The lowest BCUT2D eigenvalue weighted by Crippen LogP contribution is -2.34. The molecule has 1 unspecified atom stereocenters. The zero-order valence-electron chi connectivity index (χ0n) is 16.9. The van der Waals surface area contributed by atoms with E-state index >= 15 is 0 Å². The first kappa shape index (κ1) is 19.7. The lowest BCUT2D eigenvalue weighted by atomic mass is 10.1. The SMILES string of the molecule is CC1Cc2ccccc2N1CCCNC(=S)Nc1cccc(N2CCCC2=O)c1. The van der Waals surface area contributed by atoms with E-state index in [1.165, 1.54) is 11.3 Å². The number of rotatable bonds is 6. The zero-order valence-corrected chi connectivity index (χ0v) is 17.7. The van der Waals surface area contributed by atoms with E-state index in [9.17, 15) is 4.79 Å². The summed E-state index contributed by atoms with van der Waals surface area (Å²) in [6, 6.07) is 17.1. The van der Waals surface area contributed by atoms with Crippen LogP contribution >= 0.6 is 12.2 Å². The van der Waals surface area contributed by atoms with Crippen LogP contribution in [0.1, 0.15) is 31.7 Å². The number of hydrogen-bond donors (Lipinski definition) is 2. The molecule has 4 rings (SSSR count). The molecule has 1 atom stereocenters. The monoisotopic (exact) mass is 408 g/mol. The van der Waals surface area contributed by atoms with Crippen LogP contribution in [-0.2, 0) is 11.2 Å². The molecule has 0 aromatic heterocycles. The van der Waals surface area contributed by atoms with Crippen molar-refractivity contribution in [2.24, 2.45) is 0 Å². The summed E-state index contributed by atoms with van der Waals surface area (Å²) in [5.74, 6) is 0.195. The number of hydrogen-bond acceptors (Lipinski definition) is 3. The molecule has 2 aliphatic heterocycles. The highest BCUT2D eigenvalue weighted by Gasteiger charge is 2.24. The van der Waals surface area contributed by atoms with E-state index in [-0.39, 0.29) is 5.91 Å². The summed E-state index contributed by atoms with van der Waals surface area (Å²) in [5, 5.41) is 7.16. The molecule has 5 nitrogen and oxygen atoms in total. The minimum absolute atomic E-state index is 0.195. The van der Waals surface area contributed by atoms with Gasteiger partial charge in [-0.15, -0.1) is 0 Å². The average molecular weight is 409 g/mol. The Bertz CT molecular complexity index is 900. The Morgan fingerprint density at radius 1 is 1.21 bits per heavy atom. The van der Waals surface area contributed by atoms with Crippen molar-refractivity contribution in [2.45, 2.75) is 38.6 Å². The van der Waals surface area contributed by atoms with Crippen molar-refractivity contribution in [3.63, 3.8) is 0 Å². The summed E-state index contributed by atoms with van der Waals surface area (Å²) in [5.41, 5.74) is 4.65. The Morgan fingerprint density at radius 2 is 2.07 bits per heavy atom. The summed E-state index contributed by atoms with van der Waals surface area (Å²) < 4.78 is 0. The molecule has 0 bridgehead atoms. The summed E-state index contributed by atoms with van der Waals surface area (Å²) in [4.78, 5) is 16.3. The lowest BCUT2D eigenvalue weighted by Gasteiger charge is -2.25. The van der Waals surface area contributed by atoms with Crippen LogP contribution in [0.5, 0.6) is 0 Å². The average Bonchev–Trinajstić information content (AvgIpc) is 3.28. The highest BCUT2D eigenvalue weighted by atomic mass is 32.1. The number of para-hydroxylation sites is 1. The maximum absolute atomic E-state index is 12.0. The van der Waals surface area contributed by atoms with Crippen LogP contribution in [0.15, 0.2) is 48.5 Å². The molecule has 0 radical (unpaired) electrons. The van der Waals surface area contributed by atoms with Crippen LogP contribution in [0, 0.1) is 0 Å². The van der Waals surface area contributed by atoms with Gasteiger partial charge in [0.1, 0.15) is 0 Å². The molecular weight excluding hydrogens is 380 g/mol. The molecule has 1 saturated heterocycles. The van der Waals surface area contributed by atoms with Crippen molar-refractivity contribution in [1.29, 1.82) is 0 Å². The van der Waals surface area contributed by atoms with Gasteiger partial charge in [-0.05, 0) is 68.2 Å². The molecule has 6 heteroatoms. The fraction of sp³-hybridized carbons (Fsp3) is 0.391. The topological polar surface area (TPSA) is 47.6 Å². The molecule has 0 aliphatic carbocycles. The fourth-order valence-corrected chi connectivity index (χ4v) is 4.49. The van der Waals surface area contributed by atoms with Crippen LogP contribution in [0.25, 0.3) is 0 Å². The summed E-state index contributed by atoms with van der Waals surface area (Å²) in [7, 11) is 0. The van der Waals surface area contributed by atoms with Crippen LogP contribution in [0.2, 0.25) is 0 Å². The molecule has 0 saturated carbocycles. The Labute approximate surface area is 178 Å². The maximum Gasteiger partial charge on any atom is 0.227 e. The molecular formula is C23H28N4OS. The van der Waals surface area contributed by atoms with Gasteiger partial charge in [-0.25, -0.2) is 0 Å². The Balaban J connectivity index is 1.24. The Morgan fingerprint density at radius 3 is 2.90 bits per heavy atom. The first-order valence-electron chi connectivity index (χ1n) is 10.4. The maximum atomic E-state index is 12.0. The van der Waals surface area contributed by atoms with E-state index in [0.29, 0.717) is 17.6 Å². The van der Waals surface area contributed by atoms with Gasteiger partial charge < -0.3 is 20.4 Å². The second-order valence-corrected chi connectivity index (χ2v) is 8.22. The van der Waals surface area contributed by atoms with Crippen molar-refractivity contribution < 1.29 is 4.79 Å². The zero-order chi connectivity index (χ0) is 20.2.